The zero-order valence-electron chi connectivity index (χ0n) is 10.2. The third kappa shape index (κ3) is 1.10. The minimum absolute atomic E-state index is 0.161. The van der Waals surface area contributed by atoms with E-state index in [0.29, 0.717) is 0 Å². The quantitative estimate of drug-likeness (QED) is 0.579. The molecule has 0 saturated carbocycles. The fourth-order valence-electron chi connectivity index (χ4n) is 3.28. The summed E-state index contributed by atoms with van der Waals surface area (Å²) in [4.78, 5) is 0. The molecule has 88 valence electrons. The van der Waals surface area contributed by atoms with Crippen molar-refractivity contribution in [2.75, 3.05) is 0 Å². The Balaban J connectivity index is 2.36. The molecule has 0 saturated heterocycles. The zero-order chi connectivity index (χ0) is 12.3. The topological polar surface area (TPSA) is 20.2 Å². The van der Waals surface area contributed by atoms with Crippen molar-refractivity contribution in [2.45, 2.75) is 18.9 Å². The van der Waals surface area contributed by atoms with Gasteiger partial charge in [-0.1, -0.05) is 55.5 Å². The van der Waals surface area contributed by atoms with E-state index in [-0.39, 0.29) is 5.92 Å². The lowest BCUT2D eigenvalue weighted by molar-refractivity contribution is 0.152. The Labute approximate surface area is 106 Å². The van der Waals surface area contributed by atoms with Crippen molar-refractivity contribution in [3.05, 3.63) is 59.7 Å². The van der Waals surface area contributed by atoms with Crippen LogP contribution in [0, 0.1) is 0 Å². The second-order valence-corrected chi connectivity index (χ2v) is 5.19. The van der Waals surface area contributed by atoms with E-state index in [0.717, 1.165) is 5.56 Å². The number of hydrogen-bond acceptors (Lipinski definition) is 1. The van der Waals surface area contributed by atoms with Crippen LogP contribution in [0.4, 0.5) is 0 Å². The van der Waals surface area contributed by atoms with Gasteiger partial charge in [0.05, 0.1) is 6.10 Å². The second-order valence-electron chi connectivity index (χ2n) is 5.19. The number of rotatable bonds is 0. The SMILES string of the molecule is CC1c2cccc3ccc4cccc(c4c23)C1O. The lowest BCUT2D eigenvalue weighted by Crippen LogP contribution is -2.13. The van der Waals surface area contributed by atoms with Crippen molar-refractivity contribution in [1.29, 1.82) is 0 Å². The van der Waals surface area contributed by atoms with E-state index in [1.807, 2.05) is 6.07 Å². The summed E-state index contributed by atoms with van der Waals surface area (Å²) in [5, 5.41) is 15.5. The van der Waals surface area contributed by atoms with Gasteiger partial charge in [-0.2, -0.15) is 0 Å². The van der Waals surface area contributed by atoms with Gasteiger partial charge in [0.1, 0.15) is 0 Å². The Hall–Kier alpha value is -1.86. The highest BCUT2D eigenvalue weighted by atomic mass is 16.3. The molecule has 0 amide bonds. The van der Waals surface area contributed by atoms with Gasteiger partial charge >= 0.3 is 0 Å². The normalized spacial score (nSPS) is 21.9. The van der Waals surface area contributed by atoms with E-state index in [9.17, 15) is 5.11 Å². The molecule has 0 aromatic heterocycles. The van der Waals surface area contributed by atoms with Gasteiger partial charge in [0.15, 0.2) is 0 Å². The number of aliphatic hydroxyl groups is 1. The molecule has 1 aliphatic rings. The van der Waals surface area contributed by atoms with Gasteiger partial charge in [-0.25, -0.2) is 0 Å². The Bertz CT molecular complexity index is 706. The van der Waals surface area contributed by atoms with Gasteiger partial charge in [0.25, 0.3) is 0 Å². The Morgan fingerprint density at radius 3 is 2.00 bits per heavy atom. The van der Waals surface area contributed by atoms with Crippen molar-refractivity contribution < 1.29 is 5.11 Å². The third-order valence-corrected chi connectivity index (χ3v) is 4.23. The van der Waals surface area contributed by atoms with Crippen LogP contribution in [0.2, 0.25) is 0 Å². The minimum Gasteiger partial charge on any atom is -0.388 e. The lowest BCUT2D eigenvalue weighted by Gasteiger charge is -2.28. The summed E-state index contributed by atoms with van der Waals surface area (Å²) >= 11 is 0. The van der Waals surface area contributed by atoms with Crippen LogP contribution in [0.1, 0.15) is 30.1 Å². The molecule has 0 radical (unpaired) electrons. The van der Waals surface area contributed by atoms with Crippen molar-refractivity contribution in [3.63, 3.8) is 0 Å². The fraction of sp³-hybridized carbons (Fsp3) is 0.176. The van der Waals surface area contributed by atoms with Crippen molar-refractivity contribution in [2.24, 2.45) is 0 Å². The van der Waals surface area contributed by atoms with Crippen LogP contribution in [-0.4, -0.2) is 5.11 Å². The molecule has 1 nitrogen and oxygen atoms in total. The van der Waals surface area contributed by atoms with Crippen molar-refractivity contribution in [3.8, 4) is 0 Å². The Kier molecular flexibility index (Phi) is 1.87. The van der Waals surface area contributed by atoms with Gasteiger partial charge in [-0.15, -0.1) is 0 Å². The summed E-state index contributed by atoms with van der Waals surface area (Å²) in [6.07, 6.45) is -0.394. The molecule has 1 heteroatoms. The molecule has 0 aliphatic heterocycles. The average molecular weight is 234 g/mol. The standard InChI is InChI=1S/C17H14O/c1-10-13-6-2-4-11-8-9-12-5-3-7-14(17(10)18)16(12)15(11)13/h2-10,17-18H,1H3. The van der Waals surface area contributed by atoms with Crippen LogP contribution in [0.25, 0.3) is 21.5 Å². The van der Waals surface area contributed by atoms with Gasteiger partial charge < -0.3 is 5.11 Å². The number of benzene rings is 3. The first-order chi connectivity index (χ1) is 8.77. The van der Waals surface area contributed by atoms with Crippen LogP contribution < -0.4 is 0 Å². The predicted octanol–water partition coefficient (Wildman–Crippen LogP) is 4.14. The molecule has 18 heavy (non-hydrogen) atoms. The highest BCUT2D eigenvalue weighted by Crippen LogP contribution is 2.45. The van der Waals surface area contributed by atoms with Crippen molar-refractivity contribution >= 4 is 21.5 Å². The first kappa shape index (κ1) is 10.1. The van der Waals surface area contributed by atoms with Gasteiger partial charge in [-0.3, -0.25) is 0 Å². The van der Waals surface area contributed by atoms with Crippen molar-refractivity contribution in [1.82, 2.24) is 0 Å². The van der Waals surface area contributed by atoms with E-state index in [4.69, 9.17) is 0 Å². The summed E-state index contributed by atoms with van der Waals surface area (Å²) in [5.74, 6) is 0.161. The molecule has 0 spiro atoms. The molecule has 3 aromatic rings. The van der Waals surface area contributed by atoms with Gasteiger partial charge in [-0.05, 0) is 32.7 Å². The maximum absolute atomic E-state index is 10.5. The van der Waals surface area contributed by atoms with Crippen LogP contribution in [0.3, 0.4) is 0 Å². The molecular formula is C17H14O. The summed E-state index contributed by atoms with van der Waals surface area (Å²) in [6.45, 7) is 2.11. The number of aliphatic hydroxyl groups excluding tert-OH is 1. The molecule has 4 rings (SSSR count). The van der Waals surface area contributed by atoms with E-state index in [1.165, 1.54) is 27.1 Å². The smallest absolute Gasteiger partial charge is 0.0862 e. The lowest BCUT2D eigenvalue weighted by atomic mass is 9.79. The fourth-order valence-corrected chi connectivity index (χ4v) is 3.28. The molecule has 1 aliphatic carbocycles. The minimum atomic E-state index is -0.394. The third-order valence-electron chi connectivity index (χ3n) is 4.23. The van der Waals surface area contributed by atoms with E-state index in [1.54, 1.807) is 0 Å². The van der Waals surface area contributed by atoms with Gasteiger partial charge in [0, 0.05) is 5.92 Å². The summed E-state index contributed by atoms with van der Waals surface area (Å²) in [5.41, 5.74) is 2.34. The maximum Gasteiger partial charge on any atom is 0.0862 e. The molecular weight excluding hydrogens is 220 g/mol. The molecule has 1 N–H and O–H groups in total. The predicted molar refractivity (Wildman–Crippen MR) is 74.8 cm³/mol. The first-order valence-electron chi connectivity index (χ1n) is 6.39. The molecule has 3 aromatic carbocycles. The second kappa shape index (κ2) is 3.33. The van der Waals surface area contributed by atoms with Crippen LogP contribution >= 0.6 is 0 Å². The molecule has 0 fully saturated rings. The summed E-state index contributed by atoms with van der Waals surface area (Å²) in [7, 11) is 0. The highest BCUT2D eigenvalue weighted by molar-refractivity contribution is 6.12. The number of hydrogen-bond donors (Lipinski definition) is 1. The van der Waals surface area contributed by atoms with E-state index in [2.05, 4.69) is 49.4 Å². The Morgan fingerprint density at radius 1 is 0.778 bits per heavy atom. The first-order valence-corrected chi connectivity index (χ1v) is 6.39. The largest absolute Gasteiger partial charge is 0.388 e. The maximum atomic E-state index is 10.5. The molecule has 2 unspecified atom stereocenters. The summed E-state index contributed by atoms with van der Waals surface area (Å²) in [6, 6.07) is 16.9. The molecule has 2 atom stereocenters. The Morgan fingerprint density at radius 2 is 1.33 bits per heavy atom. The summed E-state index contributed by atoms with van der Waals surface area (Å²) < 4.78 is 0. The van der Waals surface area contributed by atoms with E-state index >= 15 is 0 Å². The van der Waals surface area contributed by atoms with Crippen LogP contribution in [0.5, 0.6) is 0 Å². The average Bonchev–Trinajstić information content (AvgIpc) is 2.43. The van der Waals surface area contributed by atoms with Gasteiger partial charge in [0.2, 0.25) is 0 Å². The van der Waals surface area contributed by atoms with Crippen LogP contribution in [0.15, 0.2) is 48.5 Å². The highest BCUT2D eigenvalue weighted by Gasteiger charge is 2.27. The zero-order valence-corrected chi connectivity index (χ0v) is 10.2. The molecule has 0 bridgehead atoms. The van der Waals surface area contributed by atoms with E-state index < -0.39 is 6.10 Å². The monoisotopic (exact) mass is 234 g/mol. The van der Waals surface area contributed by atoms with Crippen LogP contribution in [-0.2, 0) is 0 Å². The molecule has 0 heterocycles.